The summed E-state index contributed by atoms with van der Waals surface area (Å²) in [4.78, 5) is 4.00. The van der Waals surface area contributed by atoms with Crippen molar-refractivity contribution in [3.63, 3.8) is 0 Å². The highest BCUT2D eigenvalue weighted by Crippen LogP contribution is 2.33. The summed E-state index contributed by atoms with van der Waals surface area (Å²) in [6.07, 6.45) is 5.27. The van der Waals surface area contributed by atoms with Gasteiger partial charge in [0.05, 0.1) is 0 Å². The molecule has 0 amide bonds. The second-order valence-corrected chi connectivity index (χ2v) is 4.65. The topological polar surface area (TPSA) is 64.9 Å². The molecule has 2 rings (SSSR count). The SMILES string of the molecule is CC1C(N)CCC1Cc1ccnc(N)c1. The van der Waals surface area contributed by atoms with Gasteiger partial charge in [0.2, 0.25) is 0 Å². The monoisotopic (exact) mass is 205 g/mol. The van der Waals surface area contributed by atoms with Crippen LogP contribution in [0.1, 0.15) is 25.3 Å². The maximum atomic E-state index is 6.02. The number of hydrogen-bond acceptors (Lipinski definition) is 3. The minimum Gasteiger partial charge on any atom is -0.384 e. The second-order valence-electron chi connectivity index (χ2n) is 4.65. The molecule has 1 aliphatic rings. The maximum absolute atomic E-state index is 6.02. The fourth-order valence-corrected chi connectivity index (χ4v) is 2.49. The van der Waals surface area contributed by atoms with Crippen LogP contribution in [-0.4, -0.2) is 11.0 Å². The number of rotatable bonds is 2. The summed E-state index contributed by atoms with van der Waals surface area (Å²) >= 11 is 0. The molecule has 0 saturated heterocycles. The Morgan fingerprint density at radius 2 is 2.27 bits per heavy atom. The van der Waals surface area contributed by atoms with Crippen molar-refractivity contribution in [2.75, 3.05) is 5.73 Å². The van der Waals surface area contributed by atoms with E-state index in [2.05, 4.69) is 11.9 Å². The summed E-state index contributed by atoms with van der Waals surface area (Å²) in [5.41, 5.74) is 13.0. The Labute approximate surface area is 90.9 Å². The molecular formula is C12H19N3. The fraction of sp³-hybridized carbons (Fsp3) is 0.583. The first-order chi connectivity index (χ1) is 7.16. The van der Waals surface area contributed by atoms with Crippen LogP contribution in [-0.2, 0) is 6.42 Å². The zero-order chi connectivity index (χ0) is 10.8. The normalized spacial score (nSPS) is 30.7. The Morgan fingerprint density at radius 1 is 1.47 bits per heavy atom. The van der Waals surface area contributed by atoms with E-state index in [1.54, 1.807) is 6.20 Å². The molecule has 15 heavy (non-hydrogen) atoms. The smallest absolute Gasteiger partial charge is 0.123 e. The Morgan fingerprint density at radius 3 is 2.87 bits per heavy atom. The number of anilines is 1. The van der Waals surface area contributed by atoms with Crippen molar-refractivity contribution >= 4 is 5.82 Å². The number of nitrogen functional groups attached to an aromatic ring is 1. The Bertz CT molecular complexity index is 337. The third-order valence-electron chi connectivity index (χ3n) is 3.63. The van der Waals surface area contributed by atoms with E-state index in [4.69, 9.17) is 11.5 Å². The molecule has 1 saturated carbocycles. The van der Waals surface area contributed by atoms with Gasteiger partial charge in [0, 0.05) is 12.2 Å². The van der Waals surface area contributed by atoms with Crippen LogP contribution >= 0.6 is 0 Å². The molecule has 1 aliphatic carbocycles. The fourth-order valence-electron chi connectivity index (χ4n) is 2.49. The van der Waals surface area contributed by atoms with Gasteiger partial charge in [-0.15, -0.1) is 0 Å². The lowest BCUT2D eigenvalue weighted by Gasteiger charge is -2.17. The van der Waals surface area contributed by atoms with Crippen molar-refractivity contribution in [2.45, 2.75) is 32.2 Å². The molecule has 4 N–H and O–H groups in total. The van der Waals surface area contributed by atoms with Crippen molar-refractivity contribution < 1.29 is 0 Å². The van der Waals surface area contributed by atoms with E-state index in [-0.39, 0.29) is 0 Å². The van der Waals surface area contributed by atoms with Crippen LogP contribution < -0.4 is 11.5 Å². The molecular weight excluding hydrogens is 186 g/mol. The Kier molecular flexibility index (Phi) is 2.91. The molecule has 3 heteroatoms. The van der Waals surface area contributed by atoms with Gasteiger partial charge in [0.25, 0.3) is 0 Å². The van der Waals surface area contributed by atoms with Gasteiger partial charge in [0.1, 0.15) is 5.82 Å². The average molecular weight is 205 g/mol. The van der Waals surface area contributed by atoms with Gasteiger partial charge < -0.3 is 11.5 Å². The molecule has 1 aromatic rings. The first kappa shape index (κ1) is 10.4. The minimum absolute atomic E-state index is 0.384. The van der Waals surface area contributed by atoms with Gasteiger partial charge in [-0.1, -0.05) is 6.92 Å². The quantitative estimate of drug-likeness (QED) is 0.770. The predicted molar refractivity (Wildman–Crippen MR) is 62.2 cm³/mol. The van der Waals surface area contributed by atoms with Crippen LogP contribution in [0.4, 0.5) is 5.82 Å². The van der Waals surface area contributed by atoms with Gasteiger partial charge in [-0.3, -0.25) is 0 Å². The van der Waals surface area contributed by atoms with E-state index in [0.29, 0.717) is 23.7 Å². The maximum Gasteiger partial charge on any atom is 0.123 e. The highest BCUT2D eigenvalue weighted by Gasteiger charge is 2.29. The molecule has 3 atom stereocenters. The lowest BCUT2D eigenvalue weighted by Crippen LogP contribution is -2.25. The van der Waals surface area contributed by atoms with Gasteiger partial charge in [-0.2, -0.15) is 0 Å². The number of pyridine rings is 1. The van der Waals surface area contributed by atoms with E-state index in [0.717, 1.165) is 12.8 Å². The van der Waals surface area contributed by atoms with Crippen molar-refractivity contribution in [2.24, 2.45) is 17.6 Å². The van der Waals surface area contributed by atoms with Crippen LogP contribution in [0, 0.1) is 11.8 Å². The molecule has 0 bridgehead atoms. The first-order valence-electron chi connectivity index (χ1n) is 5.63. The van der Waals surface area contributed by atoms with Gasteiger partial charge in [-0.05, 0) is 48.8 Å². The lowest BCUT2D eigenvalue weighted by molar-refractivity contribution is 0.390. The van der Waals surface area contributed by atoms with Crippen molar-refractivity contribution in [3.8, 4) is 0 Å². The molecule has 3 unspecified atom stereocenters. The predicted octanol–water partition coefficient (Wildman–Crippen LogP) is 1.58. The van der Waals surface area contributed by atoms with Crippen LogP contribution in [0.25, 0.3) is 0 Å². The summed E-state index contributed by atoms with van der Waals surface area (Å²) in [6.45, 7) is 2.26. The highest BCUT2D eigenvalue weighted by molar-refractivity contribution is 5.32. The van der Waals surface area contributed by atoms with Gasteiger partial charge in [-0.25, -0.2) is 4.98 Å². The summed E-state index contributed by atoms with van der Waals surface area (Å²) in [5, 5.41) is 0. The van der Waals surface area contributed by atoms with Crippen LogP contribution in [0.5, 0.6) is 0 Å². The standard InChI is InChI=1S/C12H19N3/c1-8-10(2-3-11(8)13)6-9-4-5-15-12(14)7-9/h4-5,7-8,10-11H,2-3,6,13H2,1H3,(H2,14,15). The van der Waals surface area contributed by atoms with Crippen LogP contribution in [0.2, 0.25) is 0 Å². The third kappa shape index (κ3) is 2.29. The van der Waals surface area contributed by atoms with E-state index >= 15 is 0 Å². The third-order valence-corrected chi connectivity index (χ3v) is 3.63. The average Bonchev–Trinajstić information content (AvgIpc) is 2.50. The van der Waals surface area contributed by atoms with E-state index < -0.39 is 0 Å². The number of nitrogens with two attached hydrogens (primary N) is 2. The highest BCUT2D eigenvalue weighted by atomic mass is 14.8. The van der Waals surface area contributed by atoms with E-state index in [9.17, 15) is 0 Å². The first-order valence-corrected chi connectivity index (χ1v) is 5.63. The minimum atomic E-state index is 0.384. The summed E-state index contributed by atoms with van der Waals surface area (Å²) < 4.78 is 0. The van der Waals surface area contributed by atoms with Crippen LogP contribution in [0.3, 0.4) is 0 Å². The lowest BCUT2D eigenvalue weighted by atomic mass is 9.90. The second kappa shape index (κ2) is 4.19. The summed E-state index contributed by atoms with van der Waals surface area (Å²) in [5.74, 6) is 1.95. The van der Waals surface area contributed by atoms with Crippen molar-refractivity contribution in [3.05, 3.63) is 23.9 Å². The van der Waals surface area contributed by atoms with Crippen LogP contribution in [0.15, 0.2) is 18.3 Å². The molecule has 0 aliphatic heterocycles. The molecule has 1 fully saturated rings. The molecule has 82 valence electrons. The molecule has 0 radical (unpaired) electrons. The van der Waals surface area contributed by atoms with Crippen molar-refractivity contribution in [1.82, 2.24) is 4.98 Å². The number of nitrogens with zero attached hydrogens (tertiary/aromatic N) is 1. The molecule has 0 spiro atoms. The zero-order valence-corrected chi connectivity index (χ0v) is 9.19. The Hall–Kier alpha value is -1.09. The number of aromatic nitrogens is 1. The van der Waals surface area contributed by atoms with Gasteiger partial charge in [0.15, 0.2) is 0 Å². The number of hydrogen-bond donors (Lipinski definition) is 2. The summed E-state index contributed by atoms with van der Waals surface area (Å²) in [6, 6.07) is 4.40. The molecule has 3 nitrogen and oxygen atoms in total. The van der Waals surface area contributed by atoms with Crippen molar-refractivity contribution in [1.29, 1.82) is 0 Å². The molecule has 1 heterocycles. The molecule has 0 aromatic carbocycles. The molecule has 1 aromatic heterocycles. The summed E-state index contributed by atoms with van der Waals surface area (Å²) in [7, 11) is 0. The van der Waals surface area contributed by atoms with E-state index in [1.165, 1.54) is 12.0 Å². The zero-order valence-electron chi connectivity index (χ0n) is 9.19. The van der Waals surface area contributed by atoms with E-state index in [1.807, 2.05) is 12.1 Å². The Balaban J connectivity index is 2.03. The largest absolute Gasteiger partial charge is 0.384 e. The van der Waals surface area contributed by atoms with Gasteiger partial charge >= 0.3 is 0 Å².